The molecule has 3 nitrogen and oxygen atoms in total. The van der Waals surface area contributed by atoms with Crippen LogP contribution in [0.2, 0.25) is 0 Å². The van der Waals surface area contributed by atoms with E-state index in [-0.39, 0.29) is 17.4 Å². The quantitative estimate of drug-likeness (QED) is 0.231. The number of carbonyl (C=O) groups is 2. The van der Waals surface area contributed by atoms with Crippen LogP contribution in [0.25, 0.3) is 33.4 Å². The topological polar surface area (TPSA) is 47.3 Å². The minimum Gasteiger partial charge on any atom is -0.455 e. The Morgan fingerprint density at radius 3 is 2.20 bits per heavy atom. The fourth-order valence-electron chi connectivity index (χ4n) is 4.29. The van der Waals surface area contributed by atoms with E-state index in [1.165, 1.54) is 12.1 Å². The monoisotopic (exact) mass is 462 g/mol. The van der Waals surface area contributed by atoms with Crippen molar-refractivity contribution in [3.8, 4) is 22.5 Å². The number of rotatable bonds is 7. The molecule has 0 saturated heterocycles. The van der Waals surface area contributed by atoms with Crippen LogP contribution in [0.15, 0.2) is 101 Å². The number of furan rings is 1. The summed E-state index contributed by atoms with van der Waals surface area (Å²) in [7, 11) is 0. The summed E-state index contributed by atoms with van der Waals surface area (Å²) in [5.74, 6) is 0.0860. The van der Waals surface area contributed by atoms with Gasteiger partial charge in [-0.2, -0.15) is 0 Å². The molecule has 0 aliphatic rings. The molecule has 35 heavy (non-hydrogen) atoms. The fourth-order valence-corrected chi connectivity index (χ4v) is 4.29. The summed E-state index contributed by atoms with van der Waals surface area (Å²) < 4.78 is 19.5. The van der Waals surface area contributed by atoms with Gasteiger partial charge >= 0.3 is 0 Å². The second kappa shape index (κ2) is 9.51. The number of carbonyl (C=O) groups excluding carboxylic acids is 2. The Kier molecular flexibility index (Phi) is 6.11. The van der Waals surface area contributed by atoms with Crippen molar-refractivity contribution in [2.24, 2.45) is 0 Å². The van der Waals surface area contributed by atoms with Crippen molar-refractivity contribution >= 4 is 22.5 Å². The molecule has 0 amide bonds. The number of hydrogen-bond donors (Lipinski definition) is 0. The minimum absolute atomic E-state index is 0.0443. The largest absolute Gasteiger partial charge is 0.455 e. The van der Waals surface area contributed by atoms with Gasteiger partial charge < -0.3 is 4.42 Å². The summed E-state index contributed by atoms with van der Waals surface area (Å²) >= 11 is 0. The summed E-state index contributed by atoms with van der Waals surface area (Å²) in [4.78, 5) is 25.8. The third-order valence-corrected chi connectivity index (χ3v) is 6.12. The van der Waals surface area contributed by atoms with Gasteiger partial charge in [-0.15, -0.1) is 0 Å². The predicted molar refractivity (Wildman–Crippen MR) is 136 cm³/mol. The van der Waals surface area contributed by atoms with Crippen molar-refractivity contribution in [2.45, 2.75) is 19.8 Å². The van der Waals surface area contributed by atoms with Gasteiger partial charge in [-0.05, 0) is 59.2 Å². The SMILES string of the molecule is CCC(=O)c1c(-c2ccc(F)cc2)oc2ccc(-c3cccc(C(=O)Cc4ccccc4)c3)cc12. The summed E-state index contributed by atoms with van der Waals surface area (Å²) in [5, 5.41) is 0.703. The maximum absolute atomic E-state index is 13.5. The third-order valence-electron chi connectivity index (χ3n) is 6.12. The van der Waals surface area contributed by atoms with Gasteiger partial charge in [0.25, 0.3) is 0 Å². The zero-order valence-corrected chi connectivity index (χ0v) is 19.3. The van der Waals surface area contributed by atoms with E-state index >= 15 is 0 Å². The molecule has 0 aliphatic heterocycles. The first kappa shape index (κ1) is 22.5. The van der Waals surface area contributed by atoms with Crippen LogP contribution in [0.1, 0.15) is 39.6 Å². The molecule has 0 bridgehead atoms. The first-order valence-electron chi connectivity index (χ1n) is 11.6. The molecule has 0 spiro atoms. The standard InChI is InChI=1S/C31H23FO3/c1-2-27(33)30-26-19-23(13-16-29(26)35-31(30)21-11-14-25(32)15-12-21)22-9-6-10-24(18-22)28(34)17-20-7-4-3-5-8-20/h3-16,18-19H,2,17H2,1H3. The molecule has 0 saturated carbocycles. The van der Waals surface area contributed by atoms with Crippen LogP contribution < -0.4 is 0 Å². The van der Waals surface area contributed by atoms with E-state index < -0.39 is 0 Å². The highest BCUT2D eigenvalue weighted by molar-refractivity contribution is 6.12. The molecule has 1 heterocycles. The van der Waals surface area contributed by atoms with E-state index in [4.69, 9.17) is 4.42 Å². The molecule has 0 fully saturated rings. The smallest absolute Gasteiger partial charge is 0.167 e. The van der Waals surface area contributed by atoms with Crippen LogP contribution in [0.3, 0.4) is 0 Å². The van der Waals surface area contributed by atoms with Gasteiger partial charge in [0.2, 0.25) is 0 Å². The summed E-state index contributed by atoms with van der Waals surface area (Å²) in [6.45, 7) is 1.81. The molecule has 4 heteroatoms. The Hall–Kier alpha value is -4.31. The van der Waals surface area contributed by atoms with E-state index in [0.29, 0.717) is 46.3 Å². The Morgan fingerprint density at radius 2 is 1.46 bits per heavy atom. The number of hydrogen-bond acceptors (Lipinski definition) is 3. The van der Waals surface area contributed by atoms with Crippen LogP contribution in [0.4, 0.5) is 4.39 Å². The van der Waals surface area contributed by atoms with E-state index in [2.05, 4.69) is 0 Å². The normalized spacial score (nSPS) is 11.0. The maximum atomic E-state index is 13.5. The molecule has 0 N–H and O–H groups in total. The lowest BCUT2D eigenvalue weighted by Gasteiger charge is -2.06. The highest BCUT2D eigenvalue weighted by Crippen LogP contribution is 2.37. The zero-order chi connectivity index (χ0) is 24.4. The van der Waals surface area contributed by atoms with E-state index in [9.17, 15) is 14.0 Å². The van der Waals surface area contributed by atoms with E-state index in [1.54, 1.807) is 19.1 Å². The average Bonchev–Trinajstić information content (AvgIpc) is 3.28. The van der Waals surface area contributed by atoms with Gasteiger partial charge in [0.05, 0.1) is 5.56 Å². The van der Waals surface area contributed by atoms with Crippen LogP contribution in [-0.2, 0) is 6.42 Å². The highest BCUT2D eigenvalue weighted by Gasteiger charge is 2.21. The molecule has 0 radical (unpaired) electrons. The average molecular weight is 463 g/mol. The van der Waals surface area contributed by atoms with Crippen molar-refractivity contribution in [3.05, 3.63) is 120 Å². The molecular weight excluding hydrogens is 439 g/mol. The minimum atomic E-state index is -0.350. The lowest BCUT2D eigenvalue weighted by molar-refractivity contribution is 0.0983. The van der Waals surface area contributed by atoms with Gasteiger partial charge in [0, 0.05) is 29.4 Å². The van der Waals surface area contributed by atoms with Crippen molar-refractivity contribution < 1.29 is 18.4 Å². The molecule has 0 unspecified atom stereocenters. The Bertz CT molecular complexity index is 1530. The zero-order valence-electron chi connectivity index (χ0n) is 19.3. The Labute approximate surface area is 202 Å². The summed E-state index contributed by atoms with van der Waals surface area (Å²) in [6.07, 6.45) is 0.651. The molecule has 0 atom stereocenters. The van der Waals surface area contributed by atoms with Crippen molar-refractivity contribution in [3.63, 3.8) is 0 Å². The molecule has 1 aromatic heterocycles. The van der Waals surface area contributed by atoms with Crippen LogP contribution in [-0.4, -0.2) is 11.6 Å². The molecule has 5 rings (SSSR count). The maximum Gasteiger partial charge on any atom is 0.167 e. The van der Waals surface area contributed by atoms with Gasteiger partial charge in [-0.25, -0.2) is 4.39 Å². The Morgan fingerprint density at radius 1 is 0.743 bits per heavy atom. The van der Waals surface area contributed by atoms with Crippen molar-refractivity contribution in [1.82, 2.24) is 0 Å². The molecule has 4 aromatic carbocycles. The molecular formula is C31H23FO3. The van der Waals surface area contributed by atoms with Crippen LogP contribution in [0, 0.1) is 5.82 Å². The molecule has 0 aliphatic carbocycles. The first-order chi connectivity index (χ1) is 17.0. The van der Waals surface area contributed by atoms with Crippen LogP contribution in [0.5, 0.6) is 0 Å². The number of ketones is 2. The van der Waals surface area contributed by atoms with Gasteiger partial charge in [0.1, 0.15) is 17.2 Å². The van der Waals surface area contributed by atoms with E-state index in [1.807, 2.05) is 72.8 Å². The third kappa shape index (κ3) is 4.56. The van der Waals surface area contributed by atoms with E-state index in [0.717, 1.165) is 16.7 Å². The lowest BCUT2D eigenvalue weighted by atomic mass is 9.95. The Balaban J connectivity index is 1.55. The number of fused-ring (bicyclic) bond motifs is 1. The second-order valence-electron chi connectivity index (χ2n) is 8.47. The number of Topliss-reactive ketones (excluding diaryl/α,β-unsaturated/α-hetero) is 2. The number of benzene rings is 4. The number of halogens is 1. The lowest BCUT2D eigenvalue weighted by Crippen LogP contribution is -2.03. The van der Waals surface area contributed by atoms with Crippen LogP contribution >= 0.6 is 0 Å². The summed E-state index contributed by atoms with van der Waals surface area (Å²) in [5.41, 5.74) is 5.09. The molecule has 172 valence electrons. The van der Waals surface area contributed by atoms with Gasteiger partial charge in [-0.3, -0.25) is 9.59 Å². The predicted octanol–water partition coefficient (Wildman–Crippen LogP) is 7.92. The van der Waals surface area contributed by atoms with Crippen molar-refractivity contribution in [1.29, 1.82) is 0 Å². The summed E-state index contributed by atoms with van der Waals surface area (Å²) in [6, 6.07) is 28.8. The van der Waals surface area contributed by atoms with Gasteiger partial charge in [0.15, 0.2) is 11.6 Å². The second-order valence-corrected chi connectivity index (χ2v) is 8.47. The van der Waals surface area contributed by atoms with Crippen molar-refractivity contribution in [2.75, 3.05) is 0 Å². The highest BCUT2D eigenvalue weighted by atomic mass is 19.1. The fraction of sp³-hybridized carbons (Fsp3) is 0.0968. The first-order valence-corrected chi connectivity index (χ1v) is 11.6. The van der Waals surface area contributed by atoms with Gasteiger partial charge in [-0.1, -0.05) is 61.5 Å². The molecule has 5 aromatic rings.